The van der Waals surface area contributed by atoms with Crippen LogP contribution in [0.25, 0.3) is 0 Å². The maximum atomic E-state index is 12.2. The summed E-state index contributed by atoms with van der Waals surface area (Å²) in [4.78, 5) is 12.2. The van der Waals surface area contributed by atoms with Gasteiger partial charge in [0, 0.05) is 21.6 Å². The van der Waals surface area contributed by atoms with Gasteiger partial charge in [0.05, 0.1) is 5.56 Å². The van der Waals surface area contributed by atoms with Crippen molar-refractivity contribution in [3.8, 4) is 0 Å². The van der Waals surface area contributed by atoms with Gasteiger partial charge in [0.1, 0.15) is 4.21 Å². The summed E-state index contributed by atoms with van der Waals surface area (Å²) >= 11 is 0.970. The van der Waals surface area contributed by atoms with E-state index in [9.17, 15) is 13.2 Å². The Balaban J connectivity index is 3.00. The molecule has 0 aliphatic heterocycles. The molecule has 1 rings (SSSR count). The van der Waals surface area contributed by atoms with Gasteiger partial charge >= 0.3 is 0 Å². The zero-order chi connectivity index (χ0) is 14.8. The van der Waals surface area contributed by atoms with Crippen LogP contribution in [0.5, 0.6) is 0 Å². The van der Waals surface area contributed by atoms with E-state index in [4.69, 9.17) is 10.7 Å². The highest BCUT2D eigenvalue weighted by molar-refractivity contribution is 8.15. The number of nitrogens with one attached hydrogen (secondary N) is 1. The third-order valence-electron chi connectivity index (χ3n) is 2.79. The summed E-state index contributed by atoms with van der Waals surface area (Å²) in [6.07, 6.45) is 1.81. The number of thiophene rings is 1. The fraction of sp³-hybridized carbons (Fsp3) is 0.583. The second-order valence-electron chi connectivity index (χ2n) is 5.09. The van der Waals surface area contributed by atoms with Crippen LogP contribution in [-0.2, 0) is 9.05 Å². The summed E-state index contributed by atoms with van der Waals surface area (Å²) in [5.74, 6) is -0.265. The van der Waals surface area contributed by atoms with Gasteiger partial charge in [-0.2, -0.15) is 0 Å². The highest BCUT2D eigenvalue weighted by Crippen LogP contribution is 2.29. The van der Waals surface area contributed by atoms with E-state index < -0.39 is 9.05 Å². The maximum Gasteiger partial charge on any atom is 0.271 e. The Morgan fingerprint density at radius 2 is 2.05 bits per heavy atom. The molecule has 1 N–H and O–H groups in total. The Bertz CT molecular complexity index is 576. The number of carbonyl (C=O) groups is 1. The van der Waals surface area contributed by atoms with Gasteiger partial charge in [0.2, 0.25) is 0 Å². The Morgan fingerprint density at radius 1 is 1.47 bits per heavy atom. The lowest BCUT2D eigenvalue weighted by Crippen LogP contribution is -2.43. The monoisotopic (exact) mass is 323 g/mol. The first-order chi connectivity index (χ1) is 8.58. The van der Waals surface area contributed by atoms with Gasteiger partial charge in [-0.1, -0.05) is 13.3 Å². The van der Waals surface area contributed by atoms with Crippen LogP contribution in [0, 0.1) is 6.92 Å². The first kappa shape index (κ1) is 16.5. The molecule has 108 valence electrons. The number of carbonyl (C=O) groups excluding carboxylic acids is 1. The molecule has 4 nitrogen and oxygen atoms in total. The average Bonchev–Trinajstić information content (AvgIpc) is 2.58. The number of hydrogen-bond acceptors (Lipinski definition) is 4. The Hall–Kier alpha value is -0.590. The van der Waals surface area contributed by atoms with Crippen molar-refractivity contribution in [2.24, 2.45) is 0 Å². The van der Waals surface area contributed by atoms with Crippen molar-refractivity contribution in [1.29, 1.82) is 0 Å². The summed E-state index contributed by atoms with van der Waals surface area (Å²) in [7, 11) is 1.53. The lowest BCUT2D eigenvalue weighted by atomic mass is 9.98. The number of halogens is 1. The summed E-state index contributed by atoms with van der Waals surface area (Å²) in [6, 6.07) is 0. The van der Waals surface area contributed by atoms with Gasteiger partial charge in [-0.05, 0) is 32.8 Å². The molecule has 0 unspecified atom stereocenters. The van der Waals surface area contributed by atoms with Gasteiger partial charge in [0.25, 0.3) is 15.0 Å². The van der Waals surface area contributed by atoms with Crippen LogP contribution in [0.4, 0.5) is 0 Å². The zero-order valence-corrected chi connectivity index (χ0v) is 13.8. The predicted molar refractivity (Wildman–Crippen MR) is 78.5 cm³/mol. The normalized spacial score (nSPS) is 12.5. The molecule has 1 heterocycles. The van der Waals surface area contributed by atoms with Gasteiger partial charge in [-0.3, -0.25) is 4.79 Å². The van der Waals surface area contributed by atoms with Gasteiger partial charge in [-0.15, -0.1) is 11.3 Å². The molecule has 0 radical (unpaired) electrons. The molecule has 0 spiro atoms. The molecular weight excluding hydrogens is 306 g/mol. The van der Waals surface area contributed by atoms with Crippen LogP contribution in [0.3, 0.4) is 0 Å². The molecule has 0 fully saturated rings. The zero-order valence-electron chi connectivity index (χ0n) is 11.4. The van der Waals surface area contributed by atoms with E-state index >= 15 is 0 Å². The third-order valence-corrected chi connectivity index (χ3v) is 6.09. The Morgan fingerprint density at radius 3 is 2.47 bits per heavy atom. The highest BCUT2D eigenvalue weighted by Gasteiger charge is 2.25. The molecule has 0 saturated heterocycles. The predicted octanol–water partition coefficient (Wildman–Crippen LogP) is 3.29. The van der Waals surface area contributed by atoms with Crippen molar-refractivity contribution in [1.82, 2.24) is 5.32 Å². The molecule has 0 atom stereocenters. The fourth-order valence-electron chi connectivity index (χ4n) is 1.93. The smallest absolute Gasteiger partial charge is 0.271 e. The molecule has 1 aromatic heterocycles. The molecule has 19 heavy (non-hydrogen) atoms. The van der Waals surface area contributed by atoms with Crippen LogP contribution in [0.1, 0.15) is 49.5 Å². The van der Waals surface area contributed by atoms with Gasteiger partial charge in [0.15, 0.2) is 0 Å². The second-order valence-corrected chi connectivity index (χ2v) is 8.73. The van der Waals surface area contributed by atoms with Crippen LogP contribution < -0.4 is 5.32 Å². The van der Waals surface area contributed by atoms with Crippen molar-refractivity contribution in [3.05, 3.63) is 16.5 Å². The quantitative estimate of drug-likeness (QED) is 0.846. The molecule has 0 aliphatic carbocycles. The minimum Gasteiger partial charge on any atom is -0.347 e. The van der Waals surface area contributed by atoms with Crippen molar-refractivity contribution in [3.63, 3.8) is 0 Å². The highest BCUT2D eigenvalue weighted by atomic mass is 35.7. The Kier molecular flexibility index (Phi) is 5.03. The Labute approximate surface area is 122 Å². The summed E-state index contributed by atoms with van der Waals surface area (Å²) < 4.78 is 22.7. The van der Waals surface area contributed by atoms with Gasteiger partial charge < -0.3 is 5.32 Å². The lowest BCUT2D eigenvalue weighted by molar-refractivity contribution is 0.0908. The largest absolute Gasteiger partial charge is 0.347 e. The van der Waals surface area contributed by atoms with Gasteiger partial charge in [-0.25, -0.2) is 8.42 Å². The van der Waals surface area contributed by atoms with Crippen molar-refractivity contribution in [2.75, 3.05) is 0 Å². The van der Waals surface area contributed by atoms with Crippen molar-refractivity contribution < 1.29 is 13.2 Å². The second kappa shape index (κ2) is 5.81. The summed E-state index contributed by atoms with van der Waals surface area (Å²) in [5.41, 5.74) is 0.457. The van der Waals surface area contributed by atoms with Crippen LogP contribution >= 0.6 is 22.0 Å². The van der Waals surface area contributed by atoms with Crippen molar-refractivity contribution in [2.45, 2.75) is 50.3 Å². The molecule has 0 bridgehead atoms. The lowest BCUT2D eigenvalue weighted by Gasteiger charge is -2.25. The number of rotatable bonds is 5. The summed E-state index contributed by atoms with van der Waals surface area (Å²) in [5, 5.41) is 4.44. The average molecular weight is 324 g/mol. The van der Waals surface area contributed by atoms with Crippen molar-refractivity contribution >= 4 is 37.0 Å². The van der Waals surface area contributed by atoms with E-state index in [-0.39, 0.29) is 15.7 Å². The number of amides is 1. The molecule has 0 aliphatic rings. The van der Waals surface area contributed by atoms with E-state index in [1.54, 1.807) is 6.92 Å². The molecule has 1 aromatic rings. The number of hydrogen-bond donors (Lipinski definition) is 1. The van der Waals surface area contributed by atoms with E-state index in [1.165, 1.54) is 5.38 Å². The molecular formula is C12H18ClNO3S2. The maximum absolute atomic E-state index is 12.2. The molecule has 7 heteroatoms. The first-order valence-electron chi connectivity index (χ1n) is 5.94. The SMILES string of the molecule is CCCC(C)(C)NC(=O)c1csc(S(=O)(=O)Cl)c1C. The fourth-order valence-corrected chi connectivity index (χ4v) is 4.48. The van der Waals surface area contributed by atoms with Crippen LogP contribution in [0.15, 0.2) is 9.59 Å². The third kappa shape index (κ3) is 4.19. The van der Waals surface area contributed by atoms with E-state index in [0.29, 0.717) is 11.1 Å². The molecule has 0 aromatic carbocycles. The van der Waals surface area contributed by atoms with Crippen LogP contribution in [-0.4, -0.2) is 19.9 Å². The first-order valence-corrected chi connectivity index (χ1v) is 9.12. The molecule has 0 saturated carbocycles. The van der Waals surface area contributed by atoms with E-state index in [1.807, 2.05) is 20.8 Å². The minimum atomic E-state index is -3.79. The topological polar surface area (TPSA) is 63.2 Å². The standard InChI is InChI=1S/C12H18ClNO3S2/c1-5-6-12(3,4)14-10(15)9-7-18-11(8(9)2)19(13,16)17/h7H,5-6H2,1-4H3,(H,14,15). The van der Waals surface area contributed by atoms with E-state index in [2.05, 4.69) is 5.32 Å². The van der Waals surface area contributed by atoms with E-state index in [0.717, 1.165) is 24.2 Å². The minimum absolute atomic E-state index is 0.0348. The molecule has 1 amide bonds. The van der Waals surface area contributed by atoms with Crippen LogP contribution in [0.2, 0.25) is 0 Å². The summed E-state index contributed by atoms with van der Waals surface area (Å²) in [6.45, 7) is 7.51.